The highest BCUT2D eigenvalue weighted by atomic mass is 32.1. The number of carbonyl (C=O) groups is 1. The van der Waals surface area contributed by atoms with Crippen molar-refractivity contribution < 1.29 is 4.79 Å². The maximum absolute atomic E-state index is 11.8. The summed E-state index contributed by atoms with van der Waals surface area (Å²) < 4.78 is 0. The fraction of sp³-hybridized carbons (Fsp3) is 0.583. The van der Waals surface area contributed by atoms with Crippen molar-refractivity contribution in [1.82, 2.24) is 5.32 Å². The van der Waals surface area contributed by atoms with E-state index in [-0.39, 0.29) is 5.91 Å². The quantitative estimate of drug-likeness (QED) is 0.865. The lowest BCUT2D eigenvalue weighted by Gasteiger charge is -2.14. The summed E-state index contributed by atoms with van der Waals surface area (Å²) in [7, 11) is 0. The molecule has 0 bridgehead atoms. The van der Waals surface area contributed by atoms with E-state index in [1.807, 2.05) is 13.0 Å². The van der Waals surface area contributed by atoms with E-state index in [2.05, 4.69) is 17.1 Å². The molecule has 1 aliphatic rings. The van der Waals surface area contributed by atoms with Crippen molar-refractivity contribution in [3.63, 3.8) is 0 Å². The molecular weight excluding hydrogens is 234 g/mol. The third kappa shape index (κ3) is 2.54. The molecule has 1 saturated heterocycles. The predicted octanol–water partition coefficient (Wildman–Crippen LogP) is 1.93. The summed E-state index contributed by atoms with van der Waals surface area (Å²) in [5.41, 5.74) is 6.49. The van der Waals surface area contributed by atoms with Crippen LogP contribution >= 0.6 is 11.3 Å². The fourth-order valence-corrected chi connectivity index (χ4v) is 3.13. The van der Waals surface area contributed by atoms with Crippen molar-refractivity contribution in [3.8, 4) is 0 Å². The minimum absolute atomic E-state index is 0.0616. The van der Waals surface area contributed by atoms with Gasteiger partial charge in [0.25, 0.3) is 5.91 Å². The van der Waals surface area contributed by atoms with E-state index >= 15 is 0 Å². The van der Waals surface area contributed by atoms with Crippen molar-refractivity contribution >= 4 is 27.9 Å². The SMILES string of the molecule is CCNC(=O)c1sc(N2CCC(C)C2)cc1N. The predicted molar refractivity (Wildman–Crippen MR) is 72.7 cm³/mol. The number of hydrogen-bond donors (Lipinski definition) is 2. The highest BCUT2D eigenvalue weighted by Gasteiger charge is 2.22. The first-order chi connectivity index (χ1) is 8.11. The molecule has 94 valence electrons. The molecule has 0 radical (unpaired) electrons. The van der Waals surface area contributed by atoms with Crippen molar-refractivity contribution in [3.05, 3.63) is 10.9 Å². The van der Waals surface area contributed by atoms with Crippen LogP contribution in [0.2, 0.25) is 0 Å². The van der Waals surface area contributed by atoms with Gasteiger partial charge in [0.05, 0.1) is 10.7 Å². The van der Waals surface area contributed by atoms with Crippen LogP contribution in [0.3, 0.4) is 0 Å². The Morgan fingerprint density at radius 2 is 2.47 bits per heavy atom. The van der Waals surface area contributed by atoms with Gasteiger partial charge in [-0.2, -0.15) is 0 Å². The Bertz CT molecular complexity index is 416. The van der Waals surface area contributed by atoms with E-state index in [9.17, 15) is 4.79 Å². The van der Waals surface area contributed by atoms with Gasteiger partial charge < -0.3 is 16.0 Å². The van der Waals surface area contributed by atoms with Gasteiger partial charge in [0.2, 0.25) is 0 Å². The summed E-state index contributed by atoms with van der Waals surface area (Å²) in [5.74, 6) is 0.666. The maximum atomic E-state index is 11.8. The highest BCUT2D eigenvalue weighted by molar-refractivity contribution is 7.18. The Labute approximate surface area is 106 Å². The number of rotatable bonds is 3. The third-order valence-electron chi connectivity index (χ3n) is 3.03. The summed E-state index contributed by atoms with van der Waals surface area (Å²) in [6, 6.07) is 1.92. The van der Waals surface area contributed by atoms with Crippen LogP contribution in [-0.2, 0) is 0 Å². The molecule has 17 heavy (non-hydrogen) atoms. The summed E-state index contributed by atoms with van der Waals surface area (Å²) in [6.45, 7) is 6.92. The van der Waals surface area contributed by atoms with E-state index in [4.69, 9.17) is 5.73 Å². The van der Waals surface area contributed by atoms with Gasteiger partial charge in [-0.05, 0) is 25.3 Å². The molecule has 1 amide bonds. The van der Waals surface area contributed by atoms with Crippen LogP contribution in [0.1, 0.15) is 29.9 Å². The molecule has 1 unspecified atom stereocenters. The molecule has 3 N–H and O–H groups in total. The number of nitrogens with one attached hydrogen (secondary N) is 1. The number of thiophene rings is 1. The second-order valence-electron chi connectivity index (χ2n) is 4.57. The monoisotopic (exact) mass is 253 g/mol. The van der Waals surface area contributed by atoms with E-state index in [0.717, 1.165) is 24.0 Å². The molecule has 1 aromatic heterocycles. The molecule has 1 fully saturated rings. The van der Waals surface area contributed by atoms with Crippen LogP contribution in [0.15, 0.2) is 6.07 Å². The van der Waals surface area contributed by atoms with Crippen LogP contribution in [0.4, 0.5) is 10.7 Å². The Kier molecular flexibility index (Phi) is 3.57. The van der Waals surface area contributed by atoms with E-state index in [1.54, 1.807) is 0 Å². The highest BCUT2D eigenvalue weighted by Crippen LogP contribution is 2.34. The number of nitrogens with zero attached hydrogens (tertiary/aromatic N) is 1. The number of nitrogen functional groups attached to an aromatic ring is 1. The largest absolute Gasteiger partial charge is 0.397 e. The van der Waals surface area contributed by atoms with Crippen molar-refractivity contribution in [2.75, 3.05) is 30.3 Å². The van der Waals surface area contributed by atoms with Crippen LogP contribution < -0.4 is 16.0 Å². The molecule has 0 aromatic carbocycles. The minimum Gasteiger partial charge on any atom is -0.397 e. The van der Waals surface area contributed by atoms with E-state index in [1.165, 1.54) is 17.8 Å². The fourth-order valence-electron chi connectivity index (χ4n) is 2.10. The van der Waals surface area contributed by atoms with Gasteiger partial charge in [-0.3, -0.25) is 4.79 Å². The van der Waals surface area contributed by atoms with Crippen LogP contribution in [-0.4, -0.2) is 25.5 Å². The maximum Gasteiger partial charge on any atom is 0.263 e. The third-order valence-corrected chi connectivity index (χ3v) is 4.24. The molecule has 1 aliphatic heterocycles. The van der Waals surface area contributed by atoms with Gasteiger partial charge in [-0.25, -0.2) is 0 Å². The van der Waals surface area contributed by atoms with Crippen molar-refractivity contribution in [1.29, 1.82) is 0 Å². The number of hydrogen-bond acceptors (Lipinski definition) is 4. The zero-order valence-corrected chi connectivity index (χ0v) is 11.1. The summed E-state index contributed by atoms with van der Waals surface area (Å²) in [6.07, 6.45) is 1.22. The standard InChI is InChI=1S/C12H19N3OS/c1-3-14-12(16)11-9(13)6-10(17-11)15-5-4-8(2)7-15/h6,8H,3-5,7,13H2,1-2H3,(H,14,16). The molecule has 2 rings (SSSR count). The Morgan fingerprint density at radius 3 is 3.06 bits per heavy atom. The zero-order valence-electron chi connectivity index (χ0n) is 10.3. The Balaban J connectivity index is 2.15. The van der Waals surface area contributed by atoms with E-state index < -0.39 is 0 Å². The van der Waals surface area contributed by atoms with Gasteiger partial charge in [-0.1, -0.05) is 6.92 Å². The number of carbonyl (C=O) groups excluding carboxylic acids is 1. The van der Waals surface area contributed by atoms with Gasteiger partial charge in [0, 0.05) is 19.6 Å². The van der Waals surface area contributed by atoms with Crippen LogP contribution in [0.5, 0.6) is 0 Å². The Hall–Kier alpha value is -1.23. The van der Waals surface area contributed by atoms with Crippen molar-refractivity contribution in [2.45, 2.75) is 20.3 Å². The first kappa shape index (κ1) is 12.2. The average molecular weight is 253 g/mol. The molecule has 0 aliphatic carbocycles. The van der Waals surface area contributed by atoms with Gasteiger partial charge >= 0.3 is 0 Å². The molecule has 0 saturated carbocycles. The number of nitrogens with two attached hydrogens (primary N) is 1. The van der Waals surface area contributed by atoms with E-state index in [0.29, 0.717) is 17.1 Å². The van der Waals surface area contributed by atoms with Gasteiger partial charge in [0.15, 0.2) is 0 Å². The summed E-state index contributed by atoms with van der Waals surface area (Å²) in [4.78, 5) is 14.7. The molecule has 1 aromatic rings. The summed E-state index contributed by atoms with van der Waals surface area (Å²) in [5, 5.41) is 3.91. The van der Waals surface area contributed by atoms with Crippen LogP contribution in [0.25, 0.3) is 0 Å². The summed E-state index contributed by atoms with van der Waals surface area (Å²) >= 11 is 1.50. The average Bonchev–Trinajstić information content (AvgIpc) is 2.85. The lowest BCUT2D eigenvalue weighted by Crippen LogP contribution is -2.22. The lowest BCUT2D eigenvalue weighted by atomic mass is 10.2. The van der Waals surface area contributed by atoms with Gasteiger partial charge in [0.1, 0.15) is 4.88 Å². The van der Waals surface area contributed by atoms with Gasteiger partial charge in [-0.15, -0.1) is 11.3 Å². The first-order valence-corrected chi connectivity index (χ1v) is 6.86. The number of amides is 1. The second kappa shape index (κ2) is 4.96. The Morgan fingerprint density at radius 1 is 1.71 bits per heavy atom. The molecule has 1 atom stereocenters. The molecule has 5 heteroatoms. The second-order valence-corrected chi connectivity index (χ2v) is 5.60. The normalized spacial score (nSPS) is 19.6. The minimum atomic E-state index is -0.0616. The topological polar surface area (TPSA) is 58.4 Å². The molecule has 2 heterocycles. The molecule has 0 spiro atoms. The molecular formula is C12H19N3OS. The smallest absolute Gasteiger partial charge is 0.263 e. The first-order valence-electron chi connectivity index (χ1n) is 6.04. The van der Waals surface area contributed by atoms with Crippen LogP contribution in [0, 0.1) is 5.92 Å². The lowest BCUT2D eigenvalue weighted by molar-refractivity contribution is 0.0960. The number of anilines is 2. The van der Waals surface area contributed by atoms with Crippen molar-refractivity contribution in [2.24, 2.45) is 5.92 Å². The molecule has 4 nitrogen and oxygen atoms in total. The zero-order chi connectivity index (χ0) is 12.4.